The second-order valence-corrected chi connectivity index (χ2v) is 7.75. The summed E-state index contributed by atoms with van der Waals surface area (Å²) in [6.45, 7) is 5.54. The van der Waals surface area contributed by atoms with Crippen LogP contribution >= 0.6 is 35.0 Å². The summed E-state index contributed by atoms with van der Waals surface area (Å²) in [6, 6.07) is 4.76. The van der Waals surface area contributed by atoms with E-state index < -0.39 is 18.1 Å². The van der Waals surface area contributed by atoms with Gasteiger partial charge in [-0.2, -0.15) is 0 Å². The van der Waals surface area contributed by atoms with Gasteiger partial charge in [-0.15, -0.1) is 0 Å². The Morgan fingerprint density at radius 1 is 1.31 bits per heavy atom. The van der Waals surface area contributed by atoms with Gasteiger partial charge in [0.1, 0.15) is 0 Å². The van der Waals surface area contributed by atoms with Gasteiger partial charge in [-0.25, -0.2) is 4.79 Å². The highest BCUT2D eigenvalue weighted by atomic mass is 35.5. The lowest BCUT2D eigenvalue weighted by atomic mass is 9.87. The van der Waals surface area contributed by atoms with Gasteiger partial charge in [0.25, 0.3) is 0 Å². The summed E-state index contributed by atoms with van der Waals surface area (Å²) in [5.74, 6) is -1.35. The van der Waals surface area contributed by atoms with Crippen LogP contribution in [-0.4, -0.2) is 29.6 Å². The molecule has 0 saturated heterocycles. The third-order valence-electron chi connectivity index (χ3n) is 3.79. The molecule has 0 radical (unpaired) electrons. The number of carbonyl (C=O) groups is 2. The number of aliphatic imine (C=N–C) groups is 1. The van der Waals surface area contributed by atoms with Crippen LogP contribution in [0.4, 0.5) is 0 Å². The van der Waals surface area contributed by atoms with Gasteiger partial charge >= 0.3 is 5.97 Å². The lowest BCUT2D eigenvalue weighted by Gasteiger charge is -2.18. The van der Waals surface area contributed by atoms with E-state index in [1.54, 1.807) is 45.0 Å². The van der Waals surface area contributed by atoms with Crippen molar-refractivity contribution in [2.75, 3.05) is 6.61 Å². The normalized spacial score (nSPS) is 20.6. The van der Waals surface area contributed by atoms with Crippen molar-refractivity contribution >= 4 is 51.8 Å². The minimum Gasteiger partial charge on any atom is -0.462 e. The van der Waals surface area contributed by atoms with E-state index in [0.29, 0.717) is 25.6 Å². The number of benzene rings is 1. The van der Waals surface area contributed by atoms with Crippen LogP contribution in [-0.2, 0) is 9.53 Å². The molecule has 5 nitrogen and oxygen atoms in total. The molecule has 0 spiro atoms. The van der Waals surface area contributed by atoms with Crippen LogP contribution in [0.15, 0.2) is 34.2 Å². The average Bonchev–Trinajstić information content (AvgIpc) is 2.99. The van der Waals surface area contributed by atoms with Crippen molar-refractivity contribution in [3.8, 4) is 0 Å². The number of allylic oxidation sites excluding steroid dienone is 1. The van der Waals surface area contributed by atoms with E-state index >= 15 is 0 Å². The standard InChI is InChI=1S/C18H20Cl2N2O3S/c1-4-25-18(24)15-8-12(17(26-15)22-10(3)21)9(2)16(23)11-5-6-13(19)14(20)7-11/h5-10,12H,4,21H2,1-3H3/b22-17+. The zero-order valence-electron chi connectivity index (χ0n) is 14.7. The average molecular weight is 415 g/mol. The summed E-state index contributed by atoms with van der Waals surface area (Å²) in [5.41, 5.74) is 6.24. The predicted molar refractivity (Wildman–Crippen MR) is 107 cm³/mol. The first-order valence-electron chi connectivity index (χ1n) is 8.13. The molecule has 8 heteroatoms. The summed E-state index contributed by atoms with van der Waals surface area (Å²) in [4.78, 5) is 29.7. The molecule has 1 aliphatic rings. The lowest BCUT2D eigenvalue weighted by molar-refractivity contribution is -0.137. The van der Waals surface area contributed by atoms with Crippen LogP contribution in [0.1, 0.15) is 31.1 Å². The number of nitrogens with two attached hydrogens (primary N) is 1. The lowest BCUT2D eigenvalue weighted by Crippen LogP contribution is -2.25. The van der Waals surface area contributed by atoms with Crippen LogP contribution in [0.2, 0.25) is 10.0 Å². The number of hydrogen-bond acceptors (Lipinski definition) is 6. The van der Waals surface area contributed by atoms with E-state index in [0.717, 1.165) is 0 Å². The number of thioether (sulfide) groups is 1. The summed E-state index contributed by atoms with van der Waals surface area (Å²) in [7, 11) is 0. The van der Waals surface area contributed by atoms with Gasteiger partial charge in [0, 0.05) is 17.4 Å². The van der Waals surface area contributed by atoms with Crippen molar-refractivity contribution in [3.63, 3.8) is 0 Å². The summed E-state index contributed by atoms with van der Waals surface area (Å²) >= 11 is 13.1. The molecule has 0 aromatic heterocycles. The molecule has 0 saturated carbocycles. The Morgan fingerprint density at radius 3 is 2.58 bits per heavy atom. The Balaban J connectivity index is 2.32. The third-order valence-corrected chi connectivity index (χ3v) is 5.64. The maximum atomic E-state index is 12.9. The van der Waals surface area contributed by atoms with Gasteiger partial charge in [-0.3, -0.25) is 9.79 Å². The molecule has 2 N–H and O–H groups in total. The number of nitrogens with zero attached hydrogens (tertiary/aromatic N) is 1. The second kappa shape index (κ2) is 9.04. The van der Waals surface area contributed by atoms with Crippen molar-refractivity contribution in [1.82, 2.24) is 0 Å². The van der Waals surface area contributed by atoms with E-state index in [-0.39, 0.29) is 18.3 Å². The summed E-state index contributed by atoms with van der Waals surface area (Å²) < 4.78 is 5.05. The molecule has 0 fully saturated rings. The fourth-order valence-electron chi connectivity index (χ4n) is 2.51. The third kappa shape index (κ3) is 4.88. The maximum absolute atomic E-state index is 12.9. The van der Waals surface area contributed by atoms with Gasteiger partial charge in [0.05, 0.1) is 32.8 Å². The van der Waals surface area contributed by atoms with Crippen molar-refractivity contribution in [3.05, 3.63) is 44.8 Å². The van der Waals surface area contributed by atoms with Crippen molar-refractivity contribution in [2.45, 2.75) is 26.9 Å². The fourth-order valence-corrected chi connectivity index (χ4v) is 4.02. The van der Waals surface area contributed by atoms with Crippen molar-refractivity contribution in [1.29, 1.82) is 0 Å². The molecule has 140 valence electrons. The topological polar surface area (TPSA) is 81.8 Å². The summed E-state index contributed by atoms with van der Waals surface area (Å²) in [5, 5.41) is 1.33. The largest absolute Gasteiger partial charge is 0.462 e. The first-order chi connectivity index (χ1) is 12.2. The number of esters is 1. The quantitative estimate of drug-likeness (QED) is 0.553. The molecule has 1 heterocycles. The number of Topliss-reactive ketones (excluding diaryl/α,β-unsaturated/α-hetero) is 1. The smallest absolute Gasteiger partial charge is 0.344 e. The number of halogens is 2. The number of rotatable bonds is 6. The Hall–Kier alpha value is -1.34. The molecular weight excluding hydrogens is 395 g/mol. The van der Waals surface area contributed by atoms with E-state index in [4.69, 9.17) is 33.7 Å². The number of hydrogen-bond donors (Lipinski definition) is 1. The van der Waals surface area contributed by atoms with E-state index in [1.807, 2.05) is 0 Å². The monoisotopic (exact) mass is 414 g/mol. The highest BCUT2D eigenvalue weighted by Gasteiger charge is 2.35. The predicted octanol–water partition coefficient (Wildman–Crippen LogP) is 4.33. The van der Waals surface area contributed by atoms with Crippen LogP contribution < -0.4 is 5.73 Å². The number of ketones is 1. The first kappa shape index (κ1) is 21.0. The summed E-state index contributed by atoms with van der Waals surface area (Å²) in [6.07, 6.45) is 1.28. The first-order valence-corrected chi connectivity index (χ1v) is 9.71. The zero-order valence-corrected chi connectivity index (χ0v) is 17.0. The van der Waals surface area contributed by atoms with E-state index in [9.17, 15) is 9.59 Å². The minimum atomic E-state index is -0.454. The van der Waals surface area contributed by atoms with Gasteiger partial charge in [-0.1, -0.05) is 48.0 Å². The molecule has 3 unspecified atom stereocenters. The molecule has 1 aromatic carbocycles. The van der Waals surface area contributed by atoms with Crippen molar-refractivity contribution in [2.24, 2.45) is 22.6 Å². The SMILES string of the molecule is CCOC(=O)C1=CC(C(C)C(=O)c2ccc(Cl)c(Cl)c2)/C(=N\C(C)N)S1. The maximum Gasteiger partial charge on any atom is 0.344 e. The van der Waals surface area contributed by atoms with E-state index in [1.165, 1.54) is 11.8 Å². The minimum absolute atomic E-state index is 0.118. The Kier molecular flexibility index (Phi) is 7.29. The van der Waals surface area contributed by atoms with Crippen LogP contribution in [0.3, 0.4) is 0 Å². The van der Waals surface area contributed by atoms with Gasteiger partial charge in [-0.05, 0) is 32.0 Å². The molecule has 0 bridgehead atoms. The van der Waals surface area contributed by atoms with Crippen molar-refractivity contribution < 1.29 is 14.3 Å². The number of ether oxygens (including phenoxy) is 1. The zero-order chi connectivity index (χ0) is 19.4. The highest BCUT2D eigenvalue weighted by Crippen LogP contribution is 2.38. The Morgan fingerprint density at radius 2 is 2.00 bits per heavy atom. The molecule has 2 rings (SSSR count). The second-order valence-electron chi connectivity index (χ2n) is 5.87. The van der Waals surface area contributed by atoms with E-state index in [2.05, 4.69) is 4.99 Å². The number of carbonyl (C=O) groups excluding carboxylic acids is 2. The molecular formula is C18H20Cl2N2O3S. The van der Waals surface area contributed by atoms with Crippen LogP contribution in [0, 0.1) is 11.8 Å². The van der Waals surface area contributed by atoms with Crippen LogP contribution in [0.5, 0.6) is 0 Å². The molecule has 1 aromatic rings. The Bertz CT molecular complexity index is 778. The molecule has 3 atom stereocenters. The molecule has 0 aliphatic carbocycles. The highest BCUT2D eigenvalue weighted by molar-refractivity contribution is 8.18. The Labute approximate surface area is 167 Å². The molecule has 0 amide bonds. The van der Waals surface area contributed by atoms with Crippen LogP contribution in [0.25, 0.3) is 0 Å². The molecule has 1 aliphatic heterocycles. The van der Waals surface area contributed by atoms with Gasteiger partial charge in [0.2, 0.25) is 0 Å². The van der Waals surface area contributed by atoms with Gasteiger partial charge < -0.3 is 10.5 Å². The molecule has 26 heavy (non-hydrogen) atoms. The van der Waals surface area contributed by atoms with Gasteiger partial charge in [0.15, 0.2) is 5.78 Å². The fraction of sp³-hybridized carbons (Fsp3) is 0.389.